The molecule has 0 unspecified atom stereocenters. The highest BCUT2D eigenvalue weighted by Crippen LogP contribution is 2.17. The molecule has 6 heteroatoms. The van der Waals surface area contributed by atoms with Gasteiger partial charge in [-0.3, -0.25) is 9.59 Å². The van der Waals surface area contributed by atoms with Gasteiger partial charge in [0.15, 0.2) is 6.61 Å². The Hall–Kier alpha value is -1.56. The molecular weight excluding hydrogens is 314 g/mol. The van der Waals surface area contributed by atoms with Crippen LogP contribution < -0.4 is 10.1 Å². The monoisotopic (exact) mass is 329 g/mol. The number of esters is 1. The lowest BCUT2D eigenvalue weighted by molar-refractivity contribution is -0.148. The molecule has 1 aromatic rings. The molecule has 0 saturated carbocycles. The van der Waals surface area contributed by atoms with Gasteiger partial charge in [0.2, 0.25) is 0 Å². The van der Waals surface area contributed by atoms with Gasteiger partial charge in [0.1, 0.15) is 5.75 Å². The fourth-order valence-electron chi connectivity index (χ4n) is 1.25. The molecule has 0 atom stereocenters. The molecule has 0 aliphatic rings. The lowest BCUT2D eigenvalue weighted by Gasteiger charge is -2.06. The zero-order valence-electron chi connectivity index (χ0n) is 10.6. The summed E-state index contributed by atoms with van der Waals surface area (Å²) >= 11 is 3.34. The number of amides is 1. The van der Waals surface area contributed by atoms with Crippen molar-refractivity contribution in [2.75, 3.05) is 20.3 Å². The first-order valence-corrected chi connectivity index (χ1v) is 6.65. The number of benzene rings is 1. The van der Waals surface area contributed by atoms with Crippen LogP contribution in [-0.2, 0) is 14.3 Å². The predicted molar refractivity (Wildman–Crippen MR) is 73.9 cm³/mol. The molecule has 0 bridgehead atoms. The molecule has 5 nitrogen and oxygen atoms in total. The van der Waals surface area contributed by atoms with E-state index < -0.39 is 5.97 Å². The Bertz CT molecular complexity index is 436. The van der Waals surface area contributed by atoms with E-state index in [9.17, 15) is 9.59 Å². The number of carbonyl (C=O) groups is 2. The van der Waals surface area contributed by atoms with Crippen LogP contribution in [0.4, 0.5) is 0 Å². The van der Waals surface area contributed by atoms with Crippen LogP contribution in [0.3, 0.4) is 0 Å². The van der Waals surface area contributed by atoms with Crippen molar-refractivity contribution in [3.63, 3.8) is 0 Å². The second-order valence-corrected chi connectivity index (χ2v) is 4.66. The van der Waals surface area contributed by atoms with E-state index in [-0.39, 0.29) is 18.9 Å². The van der Waals surface area contributed by atoms with Crippen LogP contribution in [0.5, 0.6) is 5.75 Å². The fourth-order valence-corrected chi connectivity index (χ4v) is 1.63. The number of rotatable bonds is 7. The van der Waals surface area contributed by atoms with Gasteiger partial charge in [-0.05, 0) is 24.6 Å². The van der Waals surface area contributed by atoms with Gasteiger partial charge < -0.3 is 14.8 Å². The average molecular weight is 330 g/mol. The Kier molecular flexibility index (Phi) is 6.95. The summed E-state index contributed by atoms with van der Waals surface area (Å²) in [5, 5.41) is 2.37. The molecule has 1 rings (SSSR count). The Morgan fingerprint density at radius 2 is 2.16 bits per heavy atom. The number of hydrogen-bond acceptors (Lipinski definition) is 4. The standard InChI is InChI=1S/C13H16BrNO4/c1-15-12(16)9-19-13(17)6-3-7-18-11-5-2-4-10(14)8-11/h2,4-5,8H,3,6-7,9H2,1H3,(H,15,16). The van der Waals surface area contributed by atoms with Gasteiger partial charge in [0.05, 0.1) is 6.61 Å². The van der Waals surface area contributed by atoms with Crippen molar-refractivity contribution in [1.29, 1.82) is 0 Å². The number of ether oxygens (including phenoxy) is 2. The highest BCUT2D eigenvalue weighted by molar-refractivity contribution is 9.10. The first-order chi connectivity index (χ1) is 9.11. The lowest BCUT2D eigenvalue weighted by atomic mass is 10.3. The number of likely N-dealkylation sites (N-methyl/N-ethyl adjacent to an activating group) is 1. The largest absolute Gasteiger partial charge is 0.494 e. The molecule has 0 heterocycles. The second-order valence-electron chi connectivity index (χ2n) is 3.74. The van der Waals surface area contributed by atoms with Crippen LogP contribution in [0.15, 0.2) is 28.7 Å². The molecule has 1 N–H and O–H groups in total. The summed E-state index contributed by atoms with van der Waals surface area (Å²) in [6.45, 7) is 0.188. The minimum absolute atomic E-state index is 0.227. The third-order valence-corrected chi connectivity index (χ3v) is 2.73. The van der Waals surface area contributed by atoms with Gasteiger partial charge >= 0.3 is 5.97 Å². The van der Waals surface area contributed by atoms with Crippen molar-refractivity contribution >= 4 is 27.8 Å². The van der Waals surface area contributed by atoms with E-state index in [0.29, 0.717) is 13.0 Å². The zero-order chi connectivity index (χ0) is 14.1. The van der Waals surface area contributed by atoms with Crippen LogP contribution in [0.25, 0.3) is 0 Å². The van der Waals surface area contributed by atoms with E-state index in [1.807, 2.05) is 24.3 Å². The molecule has 0 aliphatic heterocycles. The van der Waals surface area contributed by atoms with Gasteiger partial charge in [-0.2, -0.15) is 0 Å². The molecule has 0 aliphatic carbocycles. The van der Waals surface area contributed by atoms with Gasteiger partial charge in [0.25, 0.3) is 5.91 Å². The summed E-state index contributed by atoms with van der Waals surface area (Å²) in [7, 11) is 1.49. The first-order valence-electron chi connectivity index (χ1n) is 5.86. The maximum Gasteiger partial charge on any atom is 0.306 e. The molecular formula is C13H16BrNO4. The van der Waals surface area contributed by atoms with Crippen LogP contribution in [0.1, 0.15) is 12.8 Å². The van der Waals surface area contributed by atoms with Crippen molar-refractivity contribution in [2.45, 2.75) is 12.8 Å². The summed E-state index contributed by atoms with van der Waals surface area (Å²) < 4.78 is 11.2. The lowest BCUT2D eigenvalue weighted by Crippen LogP contribution is -2.25. The van der Waals surface area contributed by atoms with E-state index in [1.54, 1.807) is 0 Å². The summed E-state index contributed by atoms with van der Waals surface area (Å²) in [6, 6.07) is 7.47. The van der Waals surface area contributed by atoms with Gasteiger partial charge in [-0.25, -0.2) is 0 Å². The third-order valence-electron chi connectivity index (χ3n) is 2.23. The topological polar surface area (TPSA) is 64.6 Å². The van der Waals surface area contributed by atoms with Gasteiger partial charge in [-0.1, -0.05) is 22.0 Å². The molecule has 1 amide bonds. The summed E-state index contributed by atoms with van der Waals surface area (Å²) in [6.07, 6.45) is 0.768. The van der Waals surface area contributed by atoms with Crippen molar-refractivity contribution in [3.05, 3.63) is 28.7 Å². The second kappa shape index (κ2) is 8.53. The van der Waals surface area contributed by atoms with Gasteiger partial charge in [0, 0.05) is 17.9 Å². The van der Waals surface area contributed by atoms with E-state index in [4.69, 9.17) is 9.47 Å². The smallest absolute Gasteiger partial charge is 0.306 e. The molecule has 0 saturated heterocycles. The highest BCUT2D eigenvalue weighted by atomic mass is 79.9. The minimum Gasteiger partial charge on any atom is -0.494 e. The van der Waals surface area contributed by atoms with E-state index in [0.717, 1.165) is 10.2 Å². The van der Waals surface area contributed by atoms with Crippen molar-refractivity contribution in [1.82, 2.24) is 5.32 Å². The summed E-state index contributed by atoms with van der Waals surface area (Å²) in [5.74, 6) is 0.0216. The van der Waals surface area contributed by atoms with Gasteiger partial charge in [-0.15, -0.1) is 0 Å². The SMILES string of the molecule is CNC(=O)COC(=O)CCCOc1cccc(Br)c1. The molecule has 0 spiro atoms. The molecule has 0 radical (unpaired) electrons. The van der Waals surface area contributed by atoms with Crippen molar-refractivity contribution in [2.24, 2.45) is 0 Å². The fraction of sp³-hybridized carbons (Fsp3) is 0.385. The third kappa shape index (κ3) is 6.81. The van der Waals surface area contributed by atoms with Crippen molar-refractivity contribution in [3.8, 4) is 5.75 Å². The molecule has 104 valence electrons. The van der Waals surface area contributed by atoms with Crippen molar-refractivity contribution < 1.29 is 19.1 Å². The maximum atomic E-state index is 11.3. The minimum atomic E-state index is -0.401. The summed E-state index contributed by atoms with van der Waals surface area (Å²) in [4.78, 5) is 22.1. The normalized spacial score (nSPS) is 9.79. The van der Waals surface area contributed by atoms with E-state index >= 15 is 0 Å². The average Bonchev–Trinajstić information content (AvgIpc) is 2.41. The molecule has 0 aromatic heterocycles. The summed E-state index contributed by atoms with van der Waals surface area (Å²) in [5.41, 5.74) is 0. The molecule has 19 heavy (non-hydrogen) atoms. The van der Waals surface area contributed by atoms with Crippen LogP contribution in [0, 0.1) is 0 Å². The molecule has 0 fully saturated rings. The van der Waals surface area contributed by atoms with Crippen LogP contribution in [0.2, 0.25) is 0 Å². The number of carbonyl (C=O) groups excluding carboxylic acids is 2. The van der Waals surface area contributed by atoms with E-state index in [1.165, 1.54) is 7.05 Å². The zero-order valence-corrected chi connectivity index (χ0v) is 12.2. The Labute approximate surface area is 120 Å². The van der Waals surface area contributed by atoms with Crippen LogP contribution in [-0.4, -0.2) is 32.1 Å². The quantitative estimate of drug-likeness (QED) is 0.613. The Morgan fingerprint density at radius 3 is 2.84 bits per heavy atom. The number of halogens is 1. The number of hydrogen-bond donors (Lipinski definition) is 1. The number of nitrogens with one attached hydrogen (secondary N) is 1. The Morgan fingerprint density at radius 1 is 1.37 bits per heavy atom. The Balaban J connectivity index is 2.13. The van der Waals surface area contributed by atoms with E-state index in [2.05, 4.69) is 21.2 Å². The maximum absolute atomic E-state index is 11.3. The highest BCUT2D eigenvalue weighted by Gasteiger charge is 2.06. The first kappa shape index (κ1) is 15.5. The predicted octanol–water partition coefficient (Wildman–Crippen LogP) is 1.90. The van der Waals surface area contributed by atoms with Crippen LogP contribution >= 0.6 is 15.9 Å². The molecule has 1 aromatic carbocycles.